The maximum absolute atomic E-state index is 12.4. The minimum absolute atomic E-state index is 0.160. The third-order valence-corrected chi connectivity index (χ3v) is 5.03. The molecule has 1 aromatic carbocycles. The van der Waals surface area contributed by atoms with Gasteiger partial charge in [0.2, 0.25) is 5.90 Å². The summed E-state index contributed by atoms with van der Waals surface area (Å²) in [6, 6.07) is 6.16. The van der Waals surface area contributed by atoms with Gasteiger partial charge in [-0.15, -0.1) is 0 Å². The van der Waals surface area contributed by atoms with E-state index in [1.54, 1.807) is 0 Å². The predicted molar refractivity (Wildman–Crippen MR) is 91.4 cm³/mol. The van der Waals surface area contributed by atoms with E-state index in [0.29, 0.717) is 11.8 Å². The first kappa shape index (κ1) is 14.4. The van der Waals surface area contributed by atoms with E-state index in [0.717, 1.165) is 31.2 Å². The van der Waals surface area contributed by atoms with Crippen molar-refractivity contribution < 1.29 is 9.53 Å². The van der Waals surface area contributed by atoms with Crippen LogP contribution in [0, 0.1) is 5.92 Å². The van der Waals surface area contributed by atoms with Gasteiger partial charge in [-0.05, 0) is 41.3 Å². The number of fused-ring (bicyclic) bond motifs is 1. The fraction of sp³-hybridized carbons (Fsp3) is 0.400. The number of hydrogen-bond donors (Lipinski definition) is 0. The molecule has 1 atom stereocenters. The first-order valence-electron chi connectivity index (χ1n) is 8.49. The molecule has 3 aliphatic rings. The molecule has 0 amide bonds. The highest BCUT2D eigenvalue weighted by Gasteiger charge is 2.46. The lowest BCUT2D eigenvalue weighted by atomic mass is 9.83. The zero-order chi connectivity index (χ0) is 15.9. The van der Waals surface area contributed by atoms with Gasteiger partial charge in [0.25, 0.3) is 0 Å². The molecular formula is C20H21NO2. The van der Waals surface area contributed by atoms with E-state index in [1.165, 1.54) is 16.9 Å². The largest absolute Gasteiger partial charge is 0.405 e. The van der Waals surface area contributed by atoms with Crippen molar-refractivity contribution in [1.82, 2.24) is 0 Å². The standard InChI is InChI=1S/C20H21NO2/c1-14-6-5-7-15-8-9-16(13-17(15)12-14)18-21-20(19(22)23-18)10-3-2-4-11-20/h5-9,12-14H,2-4,10-11H2,1H3/t14-/m0/s1. The van der Waals surface area contributed by atoms with Gasteiger partial charge in [-0.1, -0.05) is 56.6 Å². The molecule has 1 saturated carbocycles. The van der Waals surface area contributed by atoms with Crippen molar-refractivity contribution in [1.29, 1.82) is 0 Å². The number of carbonyl (C=O) groups is 1. The molecule has 0 radical (unpaired) electrons. The van der Waals surface area contributed by atoms with Crippen LogP contribution in [0.2, 0.25) is 0 Å². The van der Waals surface area contributed by atoms with Crippen LogP contribution in [0.1, 0.15) is 44.6 Å². The number of cyclic esters (lactones) is 1. The van der Waals surface area contributed by atoms with Crippen LogP contribution in [0.3, 0.4) is 0 Å². The van der Waals surface area contributed by atoms with Crippen LogP contribution in [0.25, 0.3) is 12.2 Å². The van der Waals surface area contributed by atoms with E-state index in [9.17, 15) is 4.79 Å². The number of hydrogen-bond acceptors (Lipinski definition) is 3. The lowest BCUT2D eigenvalue weighted by molar-refractivity contribution is -0.140. The van der Waals surface area contributed by atoms with Crippen LogP contribution in [-0.4, -0.2) is 17.4 Å². The van der Waals surface area contributed by atoms with E-state index in [2.05, 4.69) is 43.4 Å². The summed E-state index contributed by atoms with van der Waals surface area (Å²) >= 11 is 0. The zero-order valence-corrected chi connectivity index (χ0v) is 13.4. The topological polar surface area (TPSA) is 38.7 Å². The number of nitrogens with zero attached hydrogens (tertiary/aromatic N) is 1. The summed E-state index contributed by atoms with van der Waals surface area (Å²) in [5.74, 6) is 0.728. The molecule has 2 aliphatic carbocycles. The van der Waals surface area contributed by atoms with Crippen LogP contribution in [0.15, 0.2) is 35.3 Å². The highest BCUT2D eigenvalue weighted by molar-refractivity contribution is 6.08. The van der Waals surface area contributed by atoms with Gasteiger partial charge in [-0.3, -0.25) is 0 Å². The highest BCUT2D eigenvalue weighted by Crippen LogP contribution is 2.37. The van der Waals surface area contributed by atoms with Gasteiger partial charge in [-0.2, -0.15) is 0 Å². The molecule has 1 spiro atoms. The van der Waals surface area contributed by atoms with Gasteiger partial charge in [0.05, 0.1) is 0 Å². The van der Waals surface area contributed by atoms with Gasteiger partial charge in [0.15, 0.2) is 5.54 Å². The van der Waals surface area contributed by atoms with Crippen LogP contribution in [0.5, 0.6) is 0 Å². The summed E-state index contributed by atoms with van der Waals surface area (Å²) < 4.78 is 5.56. The minimum atomic E-state index is -0.606. The average molecular weight is 307 g/mol. The molecule has 1 fully saturated rings. The Kier molecular flexibility index (Phi) is 3.44. The molecule has 0 saturated heterocycles. The Hall–Kier alpha value is -2.16. The molecule has 0 bridgehead atoms. The van der Waals surface area contributed by atoms with Crippen molar-refractivity contribution in [3.8, 4) is 0 Å². The van der Waals surface area contributed by atoms with E-state index in [-0.39, 0.29) is 5.97 Å². The van der Waals surface area contributed by atoms with Gasteiger partial charge >= 0.3 is 5.97 Å². The van der Waals surface area contributed by atoms with E-state index < -0.39 is 5.54 Å². The van der Waals surface area contributed by atoms with Crippen molar-refractivity contribution in [2.24, 2.45) is 10.9 Å². The van der Waals surface area contributed by atoms with Crippen LogP contribution in [-0.2, 0) is 9.53 Å². The van der Waals surface area contributed by atoms with Crippen LogP contribution < -0.4 is 10.4 Å². The number of allylic oxidation sites excluding steroid dienone is 2. The predicted octanol–water partition coefficient (Wildman–Crippen LogP) is 2.46. The van der Waals surface area contributed by atoms with Crippen LogP contribution >= 0.6 is 0 Å². The molecule has 3 nitrogen and oxygen atoms in total. The van der Waals surface area contributed by atoms with E-state index in [1.807, 2.05) is 6.07 Å². The summed E-state index contributed by atoms with van der Waals surface area (Å²) in [5, 5.41) is 2.36. The molecule has 0 aromatic heterocycles. The molecule has 0 unspecified atom stereocenters. The minimum Gasteiger partial charge on any atom is -0.405 e. The monoisotopic (exact) mass is 307 g/mol. The Balaban J connectivity index is 1.75. The molecule has 23 heavy (non-hydrogen) atoms. The van der Waals surface area contributed by atoms with Gasteiger partial charge in [0, 0.05) is 5.56 Å². The summed E-state index contributed by atoms with van der Waals surface area (Å²) in [6.07, 6.45) is 13.6. The van der Waals surface area contributed by atoms with Crippen molar-refractivity contribution in [2.75, 3.05) is 0 Å². The second-order valence-corrected chi connectivity index (χ2v) is 6.82. The lowest BCUT2D eigenvalue weighted by Crippen LogP contribution is -2.35. The average Bonchev–Trinajstić information content (AvgIpc) is 2.74. The Labute approximate surface area is 136 Å². The second-order valence-electron chi connectivity index (χ2n) is 6.82. The SMILES string of the molecule is C[C@H]1C=CC=c2ccc(C3=NC4(CCCCC4)C(=O)O3)cc2=C1. The number of carbonyl (C=O) groups excluding carboxylic acids is 1. The molecule has 4 rings (SSSR count). The normalized spacial score (nSPS) is 25.0. The van der Waals surface area contributed by atoms with Crippen molar-refractivity contribution >= 4 is 24.0 Å². The summed E-state index contributed by atoms with van der Waals surface area (Å²) in [4.78, 5) is 17.1. The maximum atomic E-state index is 12.4. The quantitative estimate of drug-likeness (QED) is 0.748. The third kappa shape index (κ3) is 2.54. The van der Waals surface area contributed by atoms with Crippen molar-refractivity contribution in [2.45, 2.75) is 44.6 Å². The smallest absolute Gasteiger partial charge is 0.340 e. The number of benzene rings is 1. The number of rotatable bonds is 1. The van der Waals surface area contributed by atoms with E-state index in [4.69, 9.17) is 9.73 Å². The first-order chi connectivity index (χ1) is 11.2. The van der Waals surface area contributed by atoms with E-state index >= 15 is 0 Å². The molecule has 0 N–H and O–H groups in total. The molecule has 3 heteroatoms. The molecule has 1 aliphatic heterocycles. The third-order valence-electron chi connectivity index (χ3n) is 5.03. The summed E-state index contributed by atoms with van der Waals surface area (Å²) in [5.41, 5.74) is 0.295. The Bertz CT molecular complexity index is 826. The Morgan fingerprint density at radius 2 is 2.00 bits per heavy atom. The first-order valence-corrected chi connectivity index (χ1v) is 8.49. The van der Waals surface area contributed by atoms with Crippen LogP contribution in [0.4, 0.5) is 0 Å². The molecule has 118 valence electrons. The number of ether oxygens (including phenoxy) is 1. The van der Waals surface area contributed by atoms with Gasteiger partial charge in [-0.25, -0.2) is 9.79 Å². The zero-order valence-electron chi connectivity index (χ0n) is 13.4. The number of esters is 1. The maximum Gasteiger partial charge on any atom is 0.340 e. The fourth-order valence-corrected chi connectivity index (χ4v) is 3.70. The van der Waals surface area contributed by atoms with Gasteiger partial charge < -0.3 is 4.74 Å². The lowest BCUT2D eigenvalue weighted by Gasteiger charge is -2.25. The molecule has 1 heterocycles. The molecular weight excluding hydrogens is 286 g/mol. The number of aliphatic imine (C=N–C) groups is 1. The summed E-state index contributed by atoms with van der Waals surface area (Å²) in [7, 11) is 0. The highest BCUT2D eigenvalue weighted by atomic mass is 16.6. The van der Waals surface area contributed by atoms with Crippen molar-refractivity contribution in [3.05, 3.63) is 46.4 Å². The van der Waals surface area contributed by atoms with Crippen molar-refractivity contribution in [3.63, 3.8) is 0 Å². The molecule has 1 aromatic rings. The summed E-state index contributed by atoms with van der Waals surface area (Å²) in [6.45, 7) is 2.16. The van der Waals surface area contributed by atoms with Gasteiger partial charge in [0.1, 0.15) is 0 Å². The Morgan fingerprint density at radius 1 is 1.17 bits per heavy atom. The Morgan fingerprint density at radius 3 is 2.83 bits per heavy atom. The second kappa shape index (κ2) is 5.48. The fourth-order valence-electron chi connectivity index (χ4n) is 3.70.